The highest BCUT2D eigenvalue weighted by Crippen LogP contribution is 2.40. The first-order valence-electron chi connectivity index (χ1n) is 10.7. The number of aryl methyl sites for hydroxylation is 2. The standard InChI is InChI=1S/C24H29N3O4/c1-15-12-19(17(3)27(15)16(2)14-31-4)21(28)13-26-22(29)24(25-23(26)30)11-7-9-18-8-5-6-10-20(18)24/h5-6,8,10,12,16H,7,9,11,13-14H2,1-4H3,(H,25,30)/t16-,24+/m0/s1. The molecule has 1 spiro atoms. The summed E-state index contributed by atoms with van der Waals surface area (Å²) in [6.45, 7) is 6.12. The van der Waals surface area contributed by atoms with E-state index in [0.29, 0.717) is 18.6 Å². The maximum Gasteiger partial charge on any atom is 0.325 e. The summed E-state index contributed by atoms with van der Waals surface area (Å²) < 4.78 is 7.31. The largest absolute Gasteiger partial charge is 0.383 e. The van der Waals surface area contributed by atoms with Gasteiger partial charge in [0.05, 0.1) is 19.2 Å². The summed E-state index contributed by atoms with van der Waals surface area (Å²) in [7, 11) is 1.65. The summed E-state index contributed by atoms with van der Waals surface area (Å²) in [5, 5.41) is 2.91. The number of fused-ring (bicyclic) bond motifs is 2. The Labute approximate surface area is 182 Å². The van der Waals surface area contributed by atoms with E-state index in [1.165, 1.54) is 0 Å². The second-order valence-electron chi connectivity index (χ2n) is 8.62. The minimum Gasteiger partial charge on any atom is -0.383 e. The number of benzene rings is 1. The number of amides is 3. The van der Waals surface area contributed by atoms with E-state index in [2.05, 4.69) is 9.88 Å². The molecule has 1 aromatic heterocycles. The van der Waals surface area contributed by atoms with Crippen LogP contribution < -0.4 is 5.32 Å². The molecule has 0 saturated carbocycles. The zero-order valence-electron chi connectivity index (χ0n) is 18.5. The van der Waals surface area contributed by atoms with Gasteiger partial charge < -0.3 is 14.6 Å². The third kappa shape index (κ3) is 3.37. The number of hydrogen-bond donors (Lipinski definition) is 1. The highest BCUT2D eigenvalue weighted by Gasteiger charge is 2.54. The number of methoxy groups -OCH3 is 1. The van der Waals surface area contributed by atoms with Crippen LogP contribution in [-0.4, -0.2) is 47.4 Å². The Morgan fingerprint density at radius 2 is 2.00 bits per heavy atom. The van der Waals surface area contributed by atoms with E-state index in [-0.39, 0.29) is 24.3 Å². The number of carbonyl (C=O) groups excluding carboxylic acids is 3. The van der Waals surface area contributed by atoms with Crippen LogP contribution in [0.5, 0.6) is 0 Å². The number of hydrogen-bond acceptors (Lipinski definition) is 4. The first kappa shape index (κ1) is 21.3. The molecule has 0 radical (unpaired) electrons. The predicted octanol–water partition coefficient (Wildman–Crippen LogP) is 3.28. The smallest absolute Gasteiger partial charge is 0.325 e. The average molecular weight is 424 g/mol. The van der Waals surface area contributed by atoms with Gasteiger partial charge in [0.2, 0.25) is 0 Å². The highest BCUT2D eigenvalue weighted by molar-refractivity contribution is 6.11. The summed E-state index contributed by atoms with van der Waals surface area (Å²) in [4.78, 5) is 40.5. The van der Waals surface area contributed by atoms with Crippen molar-refractivity contribution in [1.82, 2.24) is 14.8 Å². The average Bonchev–Trinajstić information content (AvgIpc) is 3.16. The van der Waals surface area contributed by atoms with Gasteiger partial charge in [0, 0.05) is 24.1 Å². The summed E-state index contributed by atoms with van der Waals surface area (Å²) in [6, 6.07) is 9.13. The van der Waals surface area contributed by atoms with Gasteiger partial charge in [-0.1, -0.05) is 24.3 Å². The lowest BCUT2D eigenvalue weighted by molar-refractivity contribution is -0.131. The number of urea groups is 1. The number of carbonyl (C=O) groups is 3. The SMILES string of the molecule is COC[C@H](C)n1c(C)cc(C(=O)CN2C(=O)N[C@@]3(CCCc4ccccc43)C2=O)c1C. The van der Waals surface area contributed by atoms with Gasteiger partial charge in [-0.3, -0.25) is 14.5 Å². The van der Waals surface area contributed by atoms with Crippen molar-refractivity contribution >= 4 is 17.7 Å². The van der Waals surface area contributed by atoms with Gasteiger partial charge in [-0.25, -0.2) is 4.79 Å². The lowest BCUT2D eigenvalue weighted by Crippen LogP contribution is -2.46. The van der Waals surface area contributed by atoms with Crippen LogP contribution in [0.15, 0.2) is 30.3 Å². The first-order valence-corrected chi connectivity index (χ1v) is 10.7. The van der Waals surface area contributed by atoms with Crippen molar-refractivity contribution in [2.75, 3.05) is 20.3 Å². The maximum absolute atomic E-state index is 13.4. The molecule has 7 heteroatoms. The molecular formula is C24H29N3O4. The molecule has 1 N–H and O–H groups in total. The molecule has 1 aliphatic carbocycles. The van der Waals surface area contributed by atoms with Gasteiger partial charge in [-0.15, -0.1) is 0 Å². The van der Waals surface area contributed by atoms with E-state index in [1.807, 2.05) is 51.1 Å². The highest BCUT2D eigenvalue weighted by atomic mass is 16.5. The number of nitrogens with zero attached hydrogens (tertiary/aromatic N) is 2. The predicted molar refractivity (Wildman–Crippen MR) is 116 cm³/mol. The third-order valence-electron chi connectivity index (χ3n) is 6.59. The zero-order chi connectivity index (χ0) is 22.3. The van der Waals surface area contributed by atoms with E-state index in [0.717, 1.165) is 40.3 Å². The Morgan fingerprint density at radius 1 is 1.26 bits per heavy atom. The molecule has 2 aliphatic rings. The van der Waals surface area contributed by atoms with Crippen LogP contribution in [0.3, 0.4) is 0 Å². The quantitative estimate of drug-likeness (QED) is 0.571. The topological polar surface area (TPSA) is 80.6 Å². The van der Waals surface area contributed by atoms with E-state index in [1.54, 1.807) is 7.11 Å². The molecule has 3 amide bonds. The monoisotopic (exact) mass is 423 g/mol. The molecule has 7 nitrogen and oxygen atoms in total. The van der Waals surface area contributed by atoms with Crippen LogP contribution in [0.1, 0.15) is 58.7 Å². The molecule has 0 unspecified atom stereocenters. The van der Waals surface area contributed by atoms with Crippen molar-refractivity contribution in [2.45, 2.75) is 51.6 Å². The van der Waals surface area contributed by atoms with Crippen LogP contribution in [0.25, 0.3) is 0 Å². The molecule has 2 aromatic rings. The minimum atomic E-state index is -1.06. The number of ketones is 1. The fourth-order valence-corrected chi connectivity index (χ4v) is 5.24. The maximum atomic E-state index is 13.4. The summed E-state index contributed by atoms with van der Waals surface area (Å²) >= 11 is 0. The number of ether oxygens (including phenoxy) is 1. The van der Waals surface area contributed by atoms with Gasteiger partial charge in [0.15, 0.2) is 5.78 Å². The second-order valence-corrected chi connectivity index (χ2v) is 8.62. The fourth-order valence-electron chi connectivity index (χ4n) is 5.24. The molecule has 2 atom stereocenters. The van der Waals surface area contributed by atoms with Crippen molar-refractivity contribution in [3.05, 3.63) is 58.4 Å². The molecule has 1 saturated heterocycles. The Morgan fingerprint density at radius 3 is 2.74 bits per heavy atom. The normalized spacial score (nSPS) is 21.4. The fraction of sp³-hybridized carbons (Fsp3) is 0.458. The summed E-state index contributed by atoms with van der Waals surface area (Å²) in [5.74, 6) is -0.576. The van der Waals surface area contributed by atoms with Crippen LogP contribution in [0.4, 0.5) is 4.79 Å². The Balaban J connectivity index is 1.60. The molecule has 164 valence electrons. The Hall–Kier alpha value is -2.93. The summed E-state index contributed by atoms with van der Waals surface area (Å²) in [6.07, 6.45) is 2.23. The van der Waals surface area contributed by atoms with Crippen LogP contribution in [0.2, 0.25) is 0 Å². The van der Waals surface area contributed by atoms with Crippen LogP contribution in [-0.2, 0) is 21.5 Å². The molecule has 1 fully saturated rings. The van der Waals surface area contributed by atoms with Gasteiger partial charge in [-0.05, 0) is 57.2 Å². The minimum absolute atomic E-state index is 0.0743. The van der Waals surface area contributed by atoms with Crippen molar-refractivity contribution in [3.63, 3.8) is 0 Å². The number of imide groups is 1. The molecule has 0 bridgehead atoms. The van der Waals surface area contributed by atoms with E-state index in [9.17, 15) is 14.4 Å². The molecule has 1 aromatic carbocycles. The van der Waals surface area contributed by atoms with Gasteiger partial charge in [-0.2, -0.15) is 0 Å². The molecule has 1 aliphatic heterocycles. The van der Waals surface area contributed by atoms with Crippen molar-refractivity contribution in [3.8, 4) is 0 Å². The van der Waals surface area contributed by atoms with E-state index < -0.39 is 11.6 Å². The first-order chi connectivity index (χ1) is 14.8. The molecule has 2 heterocycles. The Kier molecular flexibility index (Phi) is 5.47. The lowest BCUT2D eigenvalue weighted by atomic mass is 9.76. The zero-order valence-corrected chi connectivity index (χ0v) is 18.5. The molecule has 31 heavy (non-hydrogen) atoms. The Bertz CT molecular complexity index is 1060. The molecule has 4 rings (SSSR count). The van der Waals surface area contributed by atoms with E-state index in [4.69, 9.17) is 4.74 Å². The van der Waals surface area contributed by atoms with E-state index >= 15 is 0 Å². The van der Waals surface area contributed by atoms with Crippen molar-refractivity contribution in [1.29, 1.82) is 0 Å². The van der Waals surface area contributed by atoms with Crippen LogP contribution in [0, 0.1) is 13.8 Å². The van der Waals surface area contributed by atoms with Crippen molar-refractivity contribution < 1.29 is 19.1 Å². The van der Waals surface area contributed by atoms with Crippen molar-refractivity contribution in [2.24, 2.45) is 0 Å². The number of aromatic nitrogens is 1. The van der Waals surface area contributed by atoms with Gasteiger partial charge >= 0.3 is 6.03 Å². The second kappa shape index (κ2) is 7.96. The molecular weight excluding hydrogens is 394 g/mol. The van der Waals surface area contributed by atoms with Gasteiger partial charge in [0.1, 0.15) is 5.54 Å². The van der Waals surface area contributed by atoms with Gasteiger partial charge in [0.25, 0.3) is 5.91 Å². The number of nitrogens with one attached hydrogen (secondary N) is 1. The van der Waals surface area contributed by atoms with Crippen LogP contribution >= 0.6 is 0 Å². The summed E-state index contributed by atoms with van der Waals surface area (Å²) in [5.41, 5.74) is 3.16. The lowest BCUT2D eigenvalue weighted by Gasteiger charge is -2.33. The number of Topliss-reactive ketones (excluding diaryl/α,β-unsaturated/α-hetero) is 1. The number of rotatable bonds is 6. The third-order valence-corrected chi connectivity index (χ3v) is 6.59.